The van der Waals surface area contributed by atoms with Crippen molar-refractivity contribution in [2.45, 2.75) is 0 Å². The zero-order valence-electron chi connectivity index (χ0n) is 13.7. The molecule has 25 heavy (non-hydrogen) atoms. The van der Waals surface area contributed by atoms with Crippen LogP contribution in [0.2, 0.25) is 0 Å². The van der Waals surface area contributed by atoms with Crippen LogP contribution in [0.5, 0.6) is 23.0 Å². The van der Waals surface area contributed by atoms with E-state index in [0.717, 1.165) is 21.7 Å². The van der Waals surface area contributed by atoms with E-state index >= 15 is 0 Å². The van der Waals surface area contributed by atoms with E-state index in [9.17, 15) is 10.2 Å². The number of aromatic nitrogens is 1. The van der Waals surface area contributed by atoms with Gasteiger partial charge in [0.1, 0.15) is 11.5 Å². The molecule has 0 unspecified atom stereocenters. The Hall–Kier alpha value is -2.73. The molecular formula is C19H16BrNO4. The van der Waals surface area contributed by atoms with Crippen molar-refractivity contribution in [3.63, 3.8) is 0 Å². The summed E-state index contributed by atoms with van der Waals surface area (Å²) in [6.45, 7) is 0. The van der Waals surface area contributed by atoms with Crippen LogP contribution in [-0.4, -0.2) is 24.4 Å². The van der Waals surface area contributed by atoms with Crippen molar-refractivity contribution >= 4 is 27.1 Å². The van der Waals surface area contributed by atoms with Gasteiger partial charge >= 0.3 is 0 Å². The Kier molecular flexibility index (Phi) is 4.30. The predicted molar refractivity (Wildman–Crippen MR) is 91.0 cm³/mol. The molecule has 0 atom stereocenters. The molecular weight excluding hydrogens is 386 g/mol. The summed E-state index contributed by atoms with van der Waals surface area (Å²) in [6, 6.07) is 10.7. The summed E-state index contributed by atoms with van der Waals surface area (Å²) in [5, 5.41) is 23.5. The van der Waals surface area contributed by atoms with E-state index in [1.807, 2.05) is 28.9 Å². The van der Waals surface area contributed by atoms with E-state index in [4.69, 9.17) is 9.47 Å². The fourth-order valence-electron chi connectivity index (χ4n) is 3.10. The topological polar surface area (TPSA) is 63.0 Å². The molecule has 0 aliphatic rings. The highest BCUT2D eigenvalue weighted by Crippen LogP contribution is 2.35. The highest BCUT2D eigenvalue weighted by atomic mass is 79.9. The van der Waals surface area contributed by atoms with Gasteiger partial charge < -0.3 is 36.7 Å². The summed E-state index contributed by atoms with van der Waals surface area (Å²) in [6.07, 6.45) is 3.75. The van der Waals surface area contributed by atoms with Crippen molar-refractivity contribution < 1.29 is 41.1 Å². The molecule has 0 fully saturated rings. The smallest absolute Gasteiger partial charge is 0.219 e. The van der Waals surface area contributed by atoms with Crippen LogP contribution < -0.4 is 30.9 Å². The van der Waals surface area contributed by atoms with E-state index in [1.165, 1.54) is 7.11 Å². The maximum atomic E-state index is 10.2. The third-order valence-corrected chi connectivity index (χ3v) is 4.31. The fraction of sp³-hybridized carbons (Fsp3) is 0.105. The highest BCUT2D eigenvalue weighted by molar-refractivity contribution is 6.01. The van der Waals surface area contributed by atoms with Crippen molar-refractivity contribution in [2.24, 2.45) is 0 Å². The second kappa shape index (κ2) is 6.29. The summed E-state index contributed by atoms with van der Waals surface area (Å²) in [4.78, 5) is 0. The van der Waals surface area contributed by atoms with Gasteiger partial charge in [-0.15, -0.1) is 0 Å². The molecule has 0 spiro atoms. The van der Waals surface area contributed by atoms with Gasteiger partial charge in [-0.1, -0.05) is 0 Å². The normalized spacial score (nSPS) is 10.8. The molecule has 4 aromatic rings. The maximum Gasteiger partial charge on any atom is 0.219 e. The van der Waals surface area contributed by atoms with E-state index in [-0.39, 0.29) is 28.5 Å². The first-order valence-electron chi connectivity index (χ1n) is 7.47. The van der Waals surface area contributed by atoms with E-state index in [1.54, 1.807) is 31.4 Å². The van der Waals surface area contributed by atoms with Gasteiger partial charge in [-0.3, -0.25) is 0 Å². The molecule has 128 valence electrons. The van der Waals surface area contributed by atoms with Crippen LogP contribution in [-0.2, 0) is 0 Å². The molecule has 5 nitrogen and oxygen atoms in total. The summed E-state index contributed by atoms with van der Waals surface area (Å²) in [7, 11) is 3.13. The number of rotatable bonds is 2. The number of halogens is 1. The second-order valence-corrected chi connectivity index (χ2v) is 5.61. The molecule has 0 bridgehead atoms. The molecule has 2 N–H and O–H groups in total. The molecule has 0 saturated carbocycles. The zero-order valence-corrected chi connectivity index (χ0v) is 15.2. The Balaban J connectivity index is 0.00000182. The van der Waals surface area contributed by atoms with Gasteiger partial charge in [-0.2, -0.15) is 4.40 Å². The molecule has 2 heterocycles. The number of phenols is 2. The fourth-order valence-corrected chi connectivity index (χ4v) is 3.10. The number of aromatic hydroxyl groups is 2. The first-order chi connectivity index (χ1) is 11.6. The Morgan fingerprint density at radius 1 is 0.800 bits per heavy atom. The molecule has 0 saturated heterocycles. The first kappa shape index (κ1) is 17.1. The number of ether oxygens (including phenoxy) is 2. The molecule has 2 aromatic carbocycles. The number of pyridine rings is 2. The van der Waals surface area contributed by atoms with Crippen LogP contribution in [0.1, 0.15) is 0 Å². The number of benzene rings is 2. The Bertz CT molecular complexity index is 1110. The Morgan fingerprint density at radius 3 is 2.28 bits per heavy atom. The monoisotopic (exact) mass is 401 g/mol. The zero-order chi connectivity index (χ0) is 16.8. The Labute approximate surface area is 154 Å². The summed E-state index contributed by atoms with van der Waals surface area (Å²) >= 11 is 0. The lowest BCUT2D eigenvalue weighted by Gasteiger charge is -2.08. The lowest BCUT2D eigenvalue weighted by atomic mass is 10.1. The van der Waals surface area contributed by atoms with Crippen molar-refractivity contribution in [3.05, 3.63) is 48.8 Å². The van der Waals surface area contributed by atoms with Gasteiger partial charge in [-0.05, 0) is 29.7 Å². The summed E-state index contributed by atoms with van der Waals surface area (Å²) < 4.78 is 12.6. The summed E-state index contributed by atoms with van der Waals surface area (Å²) in [5.74, 6) is 1.40. The van der Waals surface area contributed by atoms with E-state index in [0.29, 0.717) is 16.9 Å². The van der Waals surface area contributed by atoms with Crippen LogP contribution in [0.3, 0.4) is 0 Å². The van der Waals surface area contributed by atoms with Gasteiger partial charge in [-0.25, -0.2) is 0 Å². The number of phenolic OH excluding ortho intramolecular Hbond substituents is 2. The predicted octanol–water partition coefficient (Wildman–Crippen LogP) is 0.164. The molecule has 0 aliphatic carbocycles. The number of hydrogen-bond donors (Lipinski definition) is 2. The average molecular weight is 402 g/mol. The maximum absolute atomic E-state index is 10.2. The van der Waals surface area contributed by atoms with Crippen molar-refractivity contribution in [1.29, 1.82) is 0 Å². The highest BCUT2D eigenvalue weighted by Gasteiger charge is 2.16. The van der Waals surface area contributed by atoms with Crippen molar-refractivity contribution in [1.82, 2.24) is 0 Å². The largest absolute Gasteiger partial charge is 1.00 e. The standard InChI is InChI=1S/C19H15NO4.BrH/c1-23-18-4-3-16(21)14-10-20-6-5-11-7-17(22)19(24-2)9-12(11)15(20)8-13(14)18;/h3-10H,1-2H3,(H,21,22);1H. The van der Waals surface area contributed by atoms with Gasteiger partial charge in [0.2, 0.25) is 5.52 Å². The summed E-state index contributed by atoms with van der Waals surface area (Å²) in [5.41, 5.74) is 0.919. The minimum absolute atomic E-state index is 0. The molecule has 2 aromatic heterocycles. The first-order valence-corrected chi connectivity index (χ1v) is 7.47. The molecule has 4 rings (SSSR count). The molecule has 6 heteroatoms. The molecule has 0 radical (unpaired) electrons. The number of nitrogens with zero attached hydrogens (tertiary/aromatic N) is 1. The van der Waals surface area contributed by atoms with Crippen molar-refractivity contribution in [3.8, 4) is 23.0 Å². The van der Waals surface area contributed by atoms with Crippen LogP contribution in [0.4, 0.5) is 0 Å². The number of methoxy groups -OCH3 is 2. The minimum atomic E-state index is 0. The Morgan fingerprint density at radius 2 is 1.56 bits per heavy atom. The van der Waals surface area contributed by atoms with Gasteiger partial charge in [0.25, 0.3) is 0 Å². The van der Waals surface area contributed by atoms with Gasteiger partial charge in [0.05, 0.1) is 25.0 Å². The third-order valence-electron chi connectivity index (χ3n) is 4.31. The minimum Gasteiger partial charge on any atom is -1.00 e. The SMILES string of the molecule is COc1cc2c(cc[n+]3cc4c(O)ccc(OC)c4cc23)cc1O.[Br-]. The van der Waals surface area contributed by atoms with E-state index < -0.39 is 0 Å². The van der Waals surface area contributed by atoms with Gasteiger partial charge in [0, 0.05) is 17.5 Å². The van der Waals surface area contributed by atoms with Crippen LogP contribution in [0.15, 0.2) is 48.8 Å². The molecule has 0 aliphatic heterocycles. The van der Waals surface area contributed by atoms with Crippen LogP contribution in [0.25, 0.3) is 27.1 Å². The lowest BCUT2D eigenvalue weighted by Crippen LogP contribution is -3.00. The van der Waals surface area contributed by atoms with Crippen LogP contribution >= 0.6 is 0 Å². The second-order valence-electron chi connectivity index (χ2n) is 5.61. The quantitative estimate of drug-likeness (QED) is 0.285. The van der Waals surface area contributed by atoms with Crippen molar-refractivity contribution in [2.75, 3.05) is 14.2 Å². The van der Waals surface area contributed by atoms with Gasteiger partial charge in [0.15, 0.2) is 23.9 Å². The number of hydrogen-bond acceptors (Lipinski definition) is 4. The third kappa shape index (κ3) is 2.59. The van der Waals surface area contributed by atoms with E-state index in [2.05, 4.69) is 0 Å². The number of fused-ring (bicyclic) bond motifs is 4. The lowest BCUT2D eigenvalue weighted by molar-refractivity contribution is -0.509. The molecule has 0 amide bonds. The van der Waals surface area contributed by atoms with Crippen LogP contribution in [0, 0.1) is 0 Å². The average Bonchev–Trinajstić information content (AvgIpc) is 2.60.